The molecule has 1 aromatic rings. The van der Waals surface area contributed by atoms with Gasteiger partial charge in [0, 0.05) is 19.1 Å². The second-order valence-corrected chi connectivity index (χ2v) is 4.41. The quantitative estimate of drug-likeness (QED) is 0.769. The van der Waals surface area contributed by atoms with Gasteiger partial charge in [0.15, 0.2) is 5.78 Å². The van der Waals surface area contributed by atoms with E-state index in [1.54, 1.807) is 14.2 Å². The Morgan fingerprint density at radius 2 is 1.94 bits per heavy atom. The van der Waals surface area contributed by atoms with Gasteiger partial charge >= 0.3 is 0 Å². The number of rotatable bonds is 3. The minimum Gasteiger partial charge on any atom is -0.497 e. The van der Waals surface area contributed by atoms with Gasteiger partial charge in [-0.1, -0.05) is 12.1 Å². The predicted molar refractivity (Wildman–Crippen MR) is 70.6 cm³/mol. The van der Waals surface area contributed by atoms with Gasteiger partial charge in [-0.25, -0.2) is 0 Å². The lowest BCUT2D eigenvalue weighted by atomic mass is 9.89. The number of methoxy groups -OCH3 is 2. The van der Waals surface area contributed by atoms with E-state index in [1.165, 1.54) is 0 Å². The first-order valence-electron chi connectivity index (χ1n) is 6.16. The zero-order valence-electron chi connectivity index (χ0n) is 10.8. The van der Waals surface area contributed by atoms with Crippen LogP contribution in [0.1, 0.15) is 24.8 Å². The number of hydrogen-bond acceptors (Lipinski definition) is 3. The molecule has 0 amide bonds. The summed E-state index contributed by atoms with van der Waals surface area (Å²) in [7, 11) is 3.30. The highest BCUT2D eigenvalue weighted by atomic mass is 16.5. The van der Waals surface area contributed by atoms with Crippen LogP contribution in [0.3, 0.4) is 0 Å². The van der Waals surface area contributed by atoms with Crippen molar-refractivity contribution in [3.05, 3.63) is 35.4 Å². The van der Waals surface area contributed by atoms with Crippen molar-refractivity contribution in [1.29, 1.82) is 0 Å². The molecule has 1 aliphatic rings. The van der Waals surface area contributed by atoms with Crippen LogP contribution in [-0.2, 0) is 9.53 Å². The molecule has 1 aliphatic carbocycles. The van der Waals surface area contributed by atoms with Crippen LogP contribution < -0.4 is 4.74 Å². The third kappa shape index (κ3) is 2.79. The van der Waals surface area contributed by atoms with Gasteiger partial charge in [-0.15, -0.1) is 0 Å². The van der Waals surface area contributed by atoms with Crippen LogP contribution in [0.5, 0.6) is 5.75 Å². The number of ether oxygens (including phenoxy) is 2. The Balaban J connectivity index is 2.25. The summed E-state index contributed by atoms with van der Waals surface area (Å²) in [6.07, 6.45) is 4.33. The Morgan fingerprint density at radius 1 is 1.22 bits per heavy atom. The fourth-order valence-electron chi connectivity index (χ4n) is 2.23. The first kappa shape index (κ1) is 12.8. The van der Waals surface area contributed by atoms with Crippen LogP contribution in [-0.4, -0.2) is 26.1 Å². The van der Waals surface area contributed by atoms with Crippen molar-refractivity contribution < 1.29 is 14.3 Å². The molecule has 0 bridgehead atoms. The van der Waals surface area contributed by atoms with Crippen molar-refractivity contribution in [2.24, 2.45) is 0 Å². The van der Waals surface area contributed by atoms with Crippen LogP contribution in [0.2, 0.25) is 0 Å². The molecule has 96 valence electrons. The van der Waals surface area contributed by atoms with E-state index < -0.39 is 0 Å². The minimum atomic E-state index is -0.0617. The lowest BCUT2D eigenvalue weighted by molar-refractivity contribution is -0.118. The monoisotopic (exact) mass is 246 g/mol. The van der Waals surface area contributed by atoms with E-state index in [-0.39, 0.29) is 11.9 Å². The maximum atomic E-state index is 11.9. The molecule has 1 fully saturated rings. The second kappa shape index (κ2) is 5.83. The van der Waals surface area contributed by atoms with E-state index in [0.29, 0.717) is 6.42 Å². The molecular weight excluding hydrogens is 228 g/mol. The zero-order valence-corrected chi connectivity index (χ0v) is 10.8. The van der Waals surface area contributed by atoms with Crippen LogP contribution in [0, 0.1) is 0 Å². The summed E-state index contributed by atoms with van der Waals surface area (Å²) >= 11 is 0. The van der Waals surface area contributed by atoms with E-state index >= 15 is 0 Å². The highest BCUT2D eigenvalue weighted by Gasteiger charge is 2.25. The highest BCUT2D eigenvalue weighted by Crippen LogP contribution is 2.25. The molecule has 3 heteroatoms. The van der Waals surface area contributed by atoms with E-state index in [9.17, 15) is 4.79 Å². The molecule has 1 aromatic carbocycles. The maximum Gasteiger partial charge on any atom is 0.161 e. The molecule has 1 atom stereocenters. The van der Waals surface area contributed by atoms with E-state index in [1.807, 2.05) is 30.3 Å². The average Bonchev–Trinajstić information content (AvgIpc) is 2.42. The predicted octanol–water partition coefficient (Wildman–Crippen LogP) is 2.85. The molecule has 2 rings (SSSR count). The topological polar surface area (TPSA) is 35.5 Å². The van der Waals surface area contributed by atoms with E-state index in [4.69, 9.17) is 9.47 Å². The summed E-state index contributed by atoms with van der Waals surface area (Å²) in [5, 5.41) is 0. The summed E-state index contributed by atoms with van der Waals surface area (Å²) in [5.74, 6) is 1.01. The summed E-state index contributed by atoms with van der Waals surface area (Å²) < 4.78 is 10.5. The Hall–Kier alpha value is -1.61. The Labute approximate surface area is 107 Å². The van der Waals surface area contributed by atoms with Crippen molar-refractivity contribution >= 4 is 11.9 Å². The van der Waals surface area contributed by atoms with Crippen molar-refractivity contribution in [3.63, 3.8) is 0 Å². The maximum absolute atomic E-state index is 11.9. The van der Waals surface area contributed by atoms with Crippen molar-refractivity contribution in [2.75, 3.05) is 14.2 Å². The fraction of sp³-hybridized carbons (Fsp3) is 0.400. The summed E-state index contributed by atoms with van der Waals surface area (Å²) in [5.41, 5.74) is 1.79. The number of Topliss-reactive ketones (excluding diaryl/α,β-unsaturated/α-hetero) is 1. The minimum absolute atomic E-state index is 0.0617. The van der Waals surface area contributed by atoms with E-state index in [0.717, 1.165) is 29.7 Å². The largest absolute Gasteiger partial charge is 0.497 e. The number of ketones is 1. The highest BCUT2D eigenvalue weighted by molar-refractivity contribution is 6.01. The molecule has 0 saturated heterocycles. The number of carbonyl (C=O) groups is 1. The number of hydrogen-bond donors (Lipinski definition) is 0. The lowest BCUT2D eigenvalue weighted by Crippen LogP contribution is -2.25. The second-order valence-electron chi connectivity index (χ2n) is 4.41. The molecule has 18 heavy (non-hydrogen) atoms. The first-order chi connectivity index (χ1) is 8.74. The van der Waals surface area contributed by atoms with Gasteiger partial charge in [0.1, 0.15) is 5.75 Å². The number of benzene rings is 1. The molecule has 0 aliphatic heterocycles. The fourth-order valence-corrected chi connectivity index (χ4v) is 2.23. The van der Waals surface area contributed by atoms with Crippen LogP contribution in [0.25, 0.3) is 6.08 Å². The molecule has 3 nitrogen and oxygen atoms in total. The molecule has 1 unspecified atom stereocenters. The van der Waals surface area contributed by atoms with Gasteiger partial charge in [-0.2, -0.15) is 0 Å². The third-order valence-corrected chi connectivity index (χ3v) is 3.26. The standard InChI is InChI=1S/C15H18O3/c1-17-12-8-6-11(7-9-12)10-13-14(16)4-3-5-15(13)18-2/h6-10,15H,3-5H2,1-2H3/b13-10+. The first-order valence-corrected chi connectivity index (χ1v) is 6.16. The van der Waals surface area contributed by atoms with Gasteiger partial charge < -0.3 is 9.47 Å². The third-order valence-electron chi connectivity index (χ3n) is 3.26. The normalized spacial score (nSPS) is 22.2. The zero-order chi connectivity index (χ0) is 13.0. The Morgan fingerprint density at radius 3 is 2.56 bits per heavy atom. The van der Waals surface area contributed by atoms with Gasteiger partial charge in [0.25, 0.3) is 0 Å². The van der Waals surface area contributed by atoms with E-state index in [2.05, 4.69) is 0 Å². The van der Waals surface area contributed by atoms with Crippen molar-refractivity contribution in [3.8, 4) is 5.75 Å². The SMILES string of the molecule is COc1ccc(/C=C2\C(=O)CCCC2OC)cc1. The van der Waals surface area contributed by atoms with Crippen LogP contribution in [0.4, 0.5) is 0 Å². The summed E-state index contributed by atoms with van der Waals surface area (Å²) in [6, 6.07) is 7.67. The Kier molecular flexibility index (Phi) is 4.15. The number of carbonyl (C=O) groups excluding carboxylic acids is 1. The van der Waals surface area contributed by atoms with Crippen molar-refractivity contribution in [2.45, 2.75) is 25.4 Å². The summed E-state index contributed by atoms with van der Waals surface area (Å²) in [4.78, 5) is 11.9. The molecule has 1 saturated carbocycles. The van der Waals surface area contributed by atoms with Crippen LogP contribution >= 0.6 is 0 Å². The molecule has 0 spiro atoms. The smallest absolute Gasteiger partial charge is 0.161 e. The van der Waals surface area contributed by atoms with Crippen molar-refractivity contribution in [1.82, 2.24) is 0 Å². The molecule has 0 heterocycles. The van der Waals surface area contributed by atoms with Crippen LogP contribution in [0.15, 0.2) is 29.8 Å². The van der Waals surface area contributed by atoms with Gasteiger partial charge in [-0.05, 0) is 36.6 Å². The van der Waals surface area contributed by atoms with Gasteiger partial charge in [0.05, 0.1) is 13.2 Å². The molecule has 0 radical (unpaired) electrons. The summed E-state index contributed by atoms with van der Waals surface area (Å²) in [6.45, 7) is 0. The van der Waals surface area contributed by atoms with Gasteiger partial charge in [0.2, 0.25) is 0 Å². The lowest BCUT2D eigenvalue weighted by Gasteiger charge is -2.22. The molecular formula is C15H18O3. The Bertz CT molecular complexity index is 445. The van der Waals surface area contributed by atoms with Gasteiger partial charge in [-0.3, -0.25) is 4.79 Å². The molecule has 0 aromatic heterocycles. The average molecular weight is 246 g/mol. The molecule has 0 N–H and O–H groups in total.